The predicted molar refractivity (Wildman–Crippen MR) is 190 cm³/mol. The number of rotatable bonds is 7. The SMILES string of the molecule is CC[C@H]1OC(=O)[C@H](C)[C@@H](O[C@H]2C[C@@](C)(OC)[C@@H](O)[C@H](C)O2)C[C@@H](O[C@@H]2O[C@H](C)C[C@H](N(C)C)[C@H]2O)[C@](C)(O)C[C@@H](C)CN(C)[C@H](C)[C@@H](O)[C@]1(C)O. The van der Waals surface area contributed by atoms with Crippen LogP contribution in [0.2, 0.25) is 0 Å². The van der Waals surface area contributed by atoms with Crippen molar-refractivity contribution in [1.82, 2.24) is 9.80 Å². The van der Waals surface area contributed by atoms with E-state index in [-0.39, 0.29) is 43.7 Å². The van der Waals surface area contributed by atoms with Crippen molar-refractivity contribution in [3.63, 3.8) is 0 Å². The molecule has 3 aliphatic rings. The summed E-state index contributed by atoms with van der Waals surface area (Å²) in [6.07, 6.45) is -8.05. The first-order valence-corrected chi connectivity index (χ1v) is 18.7. The van der Waals surface area contributed by atoms with Gasteiger partial charge in [-0.1, -0.05) is 13.8 Å². The van der Waals surface area contributed by atoms with Gasteiger partial charge in [0, 0.05) is 38.6 Å². The molecule has 0 aromatic carbocycles. The van der Waals surface area contributed by atoms with Crippen LogP contribution in [0.3, 0.4) is 0 Å². The highest BCUT2D eigenvalue weighted by atomic mass is 16.7. The molecule has 0 bridgehead atoms. The maximum Gasteiger partial charge on any atom is 0.311 e. The number of carbonyl (C=O) groups excluding carboxylic acids is 1. The molecule has 0 saturated carbocycles. The summed E-state index contributed by atoms with van der Waals surface area (Å²) >= 11 is 0. The Morgan fingerprint density at radius 1 is 0.941 bits per heavy atom. The second kappa shape index (κ2) is 17.6. The van der Waals surface area contributed by atoms with Crippen molar-refractivity contribution in [3.05, 3.63) is 0 Å². The van der Waals surface area contributed by atoms with Gasteiger partial charge in [0.05, 0.1) is 41.5 Å². The van der Waals surface area contributed by atoms with Crippen LogP contribution in [0, 0.1) is 11.8 Å². The zero-order chi connectivity index (χ0) is 38.8. The second-order valence-electron chi connectivity index (χ2n) is 16.7. The fraction of sp³-hybridized carbons (Fsp3) is 0.973. The molecule has 17 atom stereocenters. The van der Waals surface area contributed by atoms with E-state index < -0.39 is 90.0 Å². The van der Waals surface area contributed by atoms with Crippen LogP contribution in [0.1, 0.15) is 94.4 Å². The highest BCUT2D eigenvalue weighted by molar-refractivity contribution is 5.73. The highest BCUT2D eigenvalue weighted by Crippen LogP contribution is 2.38. The molecule has 0 spiro atoms. The normalized spacial score (nSPS) is 48.9. The van der Waals surface area contributed by atoms with E-state index in [0.717, 1.165) is 0 Å². The number of esters is 1. The quantitative estimate of drug-likeness (QED) is 0.239. The zero-order valence-electron chi connectivity index (χ0n) is 33.3. The van der Waals surface area contributed by atoms with Crippen LogP contribution in [0.15, 0.2) is 0 Å². The number of hydrogen-bond acceptors (Lipinski definition) is 14. The third-order valence-electron chi connectivity index (χ3n) is 11.8. The number of ether oxygens (including phenoxy) is 6. The van der Waals surface area contributed by atoms with Crippen molar-refractivity contribution in [2.24, 2.45) is 11.8 Å². The molecule has 0 aliphatic carbocycles. The van der Waals surface area contributed by atoms with Gasteiger partial charge in [-0.15, -0.1) is 0 Å². The highest BCUT2D eigenvalue weighted by Gasteiger charge is 2.50. The first-order valence-electron chi connectivity index (χ1n) is 18.7. The lowest BCUT2D eigenvalue weighted by molar-refractivity contribution is -0.307. The molecule has 300 valence electrons. The Morgan fingerprint density at radius 3 is 2.14 bits per heavy atom. The van der Waals surface area contributed by atoms with E-state index in [2.05, 4.69) is 0 Å². The lowest BCUT2D eigenvalue weighted by Gasteiger charge is -2.47. The number of nitrogens with zero attached hydrogens (tertiary/aromatic N) is 2. The van der Waals surface area contributed by atoms with Gasteiger partial charge >= 0.3 is 5.97 Å². The Labute approximate surface area is 305 Å². The summed E-state index contributed by atoms with van der Waals surface area (Å²) in [7, 11) is 7.11. The van der Waals surface area contributed by atoms with E-state index in [1.165, 1.54) is 14.0 Å². The number of likely N-dealkylation sites (N-methyl/N-ethyl adjacent to an activating group) is 2. The fourth-order valence-electron chi connectivity index (χ4n) is 8.14. The molecule has 14 nitrogen and oxygen atoms in total. The summed E-state index contributed by atoms with van der Waals surface area (Å²) in [5.74, 6) is -1.80. The molecule has 5 N–H and O–H groups in total. The molecule has 0 aromatic rings. The number of hydrogen-bond donors (Lipinski definition) is 5. The van der Waals surface area contributed by atoms with E-state index in [9.17, 15) is 30.3 Å². The molecule has 0 unspecified atom stereocenters. The van der Waals surface area contributed by atoms with Crippen LogP contribution in [-0.2, 0) is 33.2 Å². The van der Waals surface area contributed by atoms with E-state index in [1.54, 1.807) is 41.5 Å². The number of carbonyl (C=O) groups is 1. The molecule has 14 heteroatoms. The van der Waals surface area contributed by atoms with Crippen molar-refractivity contribution in [2.75, 3.05) is 34.8 Å². The number of cyclic esters (lactones) is 1. The van der Waals surface area contributed by atoms with Crippen molar-refractivity contribution in [3.8, 4) is 0 Å². The molecule has 0 amide bonds. The maximum absolute atomic E-state index is 14.1. The molecule has 51 heavy (non-hydrogen) atoms. The van der Waals surface area contributed by atoms with Crippen molar-refractivity contribution >= 4 is 5.97 Å². The smallest absolute Gasteiger partial charge is 0.311 e. The molecule has 3 aliphatic heterocycles. The Bertz CT molecular complexity index is 1110. The minimum atomic E-state index is -1.79. The van der Waals surface area contributed by atoms with Gasteiger partial charge in [-0.05, 0) is 94.8 Å². The number of aliphatic hydroxyl groups excluding tert-OH is 3. The molecule has 3 saturated heterocycles. The Kier molecular flexibility index (Phi) is 15.3. The summed E-state index contributed by atoms with van der Waals surface area (Å²) in [5, 5.41) is 57.7. The van der Waals surface area contributed by atoms with Crippen molar-refractivity contribution < 1.29 is 58.7 Å². The summed E-state index contributed by atoms with van der Waals surface area (Å²) in [6, 6.07) is -0.793. The third kappa shape index (κ3) is 10.4. The topological polar surface area (TPSA) is 180 Å². The maximum atomic E-state index is 14.1. The van der Waals surface area contributed by atoms with Gasteiger partial charge in [0.2, 0.25) is 0 Å². The molecule has 3 fully saturated rings. The molecular formula is C37H70N2O12. The van der Waals surface area contributed by atoms with Crippen LogP contribution in [0.4, 0.5) is 0 Å². The zero-order valence-corrected chi connectivity index (χ0v) is 33.3. The van der Waals surface area contributed by atoms with Crippen LogP contribution < -0.4 is 0 Å². The Hall–Kier alpha value is -1.01. The lowest BCUT2D eigenvalue weighted by Crippen LogP contribution is -2.59. The minimum Gasteiger partial charge on any atom is -0.459 e. The largest absolute Gasteiger partial charge is 0.459 e. The molecular weight excluding hydrogens is 664 g/mol. The van der Waals surface area contributed by atoms with Crippen LogP contribution in [0.25, 0.3) is 0 Å². The van der Waals surface area contributed by atoms with Crippen molar-refractivity contribution in [2.45, 2.75) is 185 Å². The first-order chi connectivity index (χ1) is 23.5. The summed E-state index contributed by atoms with van der Waals surface area (Å²) in [4.78, 5) is 17.9. The monoisotopic (exact) mass is 734 g/mol. The van der Waals surface area contributed by atoms with Crippen LogP contribution in [-0.4, -0.2) is 166 Å². The van der Waals surface area contributed by atoms with Gasteiger partial charge in [0.25, 0.3) is 0 Å². The standard InChI is InChI=1S/C37H70N2O12/c1-14-27-37(9,45)31(41)23(5)39(12)19-20(2)17-35(7,44)28(51-34-30(40)25(38(10)11)15-21(3)47-34)16-26(22(4)33(43)50-27)49-29-18-36(8,46-13)32(42)24(6)48-29/h20-32,34,40-42,44-45H,14-19H2,1-13H3/t20-,21-,22-,23-,24+,25+,26+,27-,28-,29+,30-,31-,32+,34+,35-,36-,37-/m1/s1. The van der Waals surface area contributed by atoms with Gasteiger partial charge in [-0.3, -0.25) is 4.79 Å². The van der Waals surface area contributed by atoms with Crippen molar-refractivity contribution in [1.29, 1.82) is 0 Å². The van der Waals surface area contributed by atoms with E-state index in [4.69, 9.17) is 28.4 Å². The number of aliphatic hydroxyl groups is 5. The average molecular weight is 735 g/mol. The van der Waals surface area contributed by atoms with Gasteiger partial charge in [0.15, 0.2) is 12.6 Å². The summed E-state index contributed by atoms with van der Waals surface area (Å²) in [5.41, 5.74) is -4.33. The van der Waals surface area contributed by atoms with Gasteiger partial charge in [-0.25, -0.2) is 0 Å². The van der Waals surface area contributed by atoms with E-state index in [1.807, 2.05) is 44.8 Å². The predicted octanol–water partition coefficient (Wildman–Crippen LogP) is 1.65. The van der Waals surface area contributed by atoms with Gasteiger partial charge < -0.3 is 63.8 Å². The fourth-order valence-corrected chi connectivity index (χ4v) is 8.14. The molecule has 0 aromatic heterocycles. The molecule has 0 radical (unpaired) electrons. The van der Waals surface area contributed by atoms with Crippen LogP contribution >= 0.6 is 0 Å². The summed E-state index contributed by atoms with van der Waals surface area (Å²) < 4.78 is 37.1. The second-order valence-corrected chi connectivity index (χ2v) is 16.7. The minimum absolute atomic E-state index is 0.0356. The third-order valence-corrected chi connectivity index (χ3v) is 11.8. The van der Waals surface area contributed by atoms with E-state index >= 15 is 0 Å². The Balaban J connectivity index is 2.12. The first kappa shape index (κ1) is 44.4. The number of methoxy groups -OCH3 is 1. The van der Waals surface area contributed by atoms with Gasteiger partial charge in [0.1, 0.15) is 30.0 Å². The molecule has 3 rings (SSSR count). The van der Waals surface area contributed by atoms with Gasteiger partial charge in [-0.2, -0.15) is 0 Å². The molecule has 3 heterocycles. The average Bonchev–Trinajstić information content (AvgIpc) is 3.04. The lowest BCUT2D eigenvalue weighted by atomic mass is 9.83. The Morgan fingerprint density at radius 2 is 1.57 bits per heavy atom. The summed E-state index contributed by atoms with van der Waals surface area (Å²) in [6.45, 7) is 16.2. The van der Waals surface area contributed by atoms with Crippen LogP contribution in [0.5, 0.6) is 0 Å². The van der Waals surface area contributed by atoms with E-state index in [0.29, 0.717) is 13.0 Å².